The SMILES string of the molecule is Cc1ccc(C(CNC(=O)[C@@H](C)NC(=O)Cn2cnnn2)NC(=O)c2cccc(Br)c2N)cc1. The third kappa shape index (κ3) is 6.61. The summed E-state index contributed by atoms with van der Waals surface area (Å²) >= 11 is 3.33. The molecule has 0 aliphatic carbocycles. The van der Waals surface area contributed by atoms with Crippen LogP contribution in [0.3, 0.4) is 0 Å². The number of benzene rings is 2. The predicted molar refractivity (Wildman–Crippen MR) is 128 cm³/mol. The standard InChI is InChI=1S/C22H25BrN8O3/c1-13-6-8-15(9-7-13)18(28-22(34)16-4-3-5-17(23)20(16)24)10-25-21(33)14(2)27-19(32)11-31-12-26-29-30-31/h3-9,12,14,18H,10-11,24H2,1-2H3,(H,25,33)(H,27,32)(H,28,34)/t14-,18?/m1/s1. The number of tetrazole rings is 1. The van der Waals surface area contributed by atoms with Gasteiger partial charge in [-0.2, -0.15) is 0 Å². The Morgan fingerprint density at radius 3 is 2.53 bits per heavy atom. The second-order valence-corrected chi connectivity index (χ2v) is 8.53. The molecule has 0 aliphatic heterocycles. The van der Waals surface area contributed by atoms with Crippen molar-refractivity contribution in [3.8, 4) is 0 Å². The number of hydrogen-bond acceptors (Lipinski definition) is 7. The van der Waals surface area contributed by atoms with Crippen molar-refractivity contribution >= 4 is 39.3 Å². The number of anilines is 1. The van der Waals surface area contributed by atoms with Crippen molar-refractivity contribution in [1.29, 1.82) is 0 Å². The normalized spacial score (nSPS) is 12.4. The van der Waals surface area contributed by atoms with Gasteiger partial charge in [0.2, 0.25) is 11.8 Å². The van der Waals surface area contributed by atoms with E-state index in [-0.39, 0.29) is 19.0 Å². The first kappa shape index (κ1) is 24.8. The van der Waals surface area contributed by atoms with Crippen LogP contribution in [-0.2, 0) is 16.1 Å². The van der Waals surface area contributed by atoms with Crippen LogP contribution >= 0.6 is 15.9 Å². The molecule has 12 heteroatoms. The van der Waals surface area contributed by atoms with E-state index >= 15 is 0 Å². The van der Waals surface area contributed by atoms with Gasteiger partial charge < -0.3 is 21.7 Å². The maximum atomic E-state index is 12.9. The molecular formula is C22H25BrN8O3. The first-order valence-electron chi connectivity index (χ1n) is 10.4. The minimum absolute atomic E-state index is 0.106. The van der Waals surface area contributed by atoms with Gasteiger partial charge in [-0.15, -0.1) is 5.10 Å². The number of nitrogens with zero attached hydrogens (tertiary/aromatic N) is 4. The molecule has 5 N–H and O–H groups in total. The van der Waals surface area contributed by atoms with E-state index in [1.54, 1.807) is 25.1 Å². The first-order valence-corrected chi connectivity index (χ1v) is 11.2. The van der Waals surface area contributed by atoms with E-state index in [1.807, 2.05) is 31.2 Å². The fourth-order valence-corrected chi connectivity index (χ4v) is 3.50. The van der Waals surface area contributed by atoms with Gasteiger partial charge in [-0.05, 0) is 57.9 Å². The van der Waals surface area contributed by atoms with Crippen LogP contribution in [0.1, 0.15) is 34.5 Å². The predicted octanol–water partition coefficient (Wildman–Crippen LogP) is 1.12. The highest BCUT2D eigenvalue weighted by molar-refractivity contribution is 9.10. The molecule has 0 bridgehead atoms. The summed E-state index contributed by atoms with van der Waals surface area (Å²) in [6, 6.07) is 11.4. The lowest BCUT2D eigenvalue weighted by Crippen LogP contribution is -2.48. The second-order valence-electron chi connectivity index (χ2n) is 7.68. The van der Waals surface area contributed by atoms with Crippen molar-refractivity contribution in [3.05, 3.63) is 70.0 Å². The number of aromatic nitrogens is 4. The van der Waals surface area contributed by atoms with Gasteiger partial charge in [0.1, 0.15) is 18.9 Å². The van der Waals surface area contributed by atoms with Gasteiger partial charge in [0, 0.05) is 11.0 Å². The summed E-state index contributed by atoms with van der Waals surface area (Å²) in [5, 5.41) is 18.8. The molecule has 11 nitrogen and oxygen atoms in total. The minimum Gasteiger partial charge on any atom is -0.397 e. The molecule has 3 amide bonds. The number of amides is 3. The van der Waals surface area contributed by atoms with Gasteiger partial charge in [-0.3, -0.25) is 14.4 Å². The van der Waals surface area contributed by atoms with Gasteiger partial charge in [0.15, 0.2) is 0 Å². The van der Waals surface area contributed by atoms with E-state index in [0.717, 1.165) is 11.1 Å². The zero-order valence-corrected chi connectivity index (χ0v) is 20.2. The van der Waals surface area contributed by atoms with Crippen LogP contribution in [0.2, 0.25) is 0 Å². The van der Waals surface area contributed by atoms with Gasteiger partial charge in [-0.25, -0.2) is 4.68 Å². The fourth-order valence-electron chi connectivity index (χ4n) is 3.13. The zero-order chi connectivity index (χ0) is 24.7. The number of rotatable bonds is 9. The number of nitrogen functional groups attached to an aromatic ring is 1. The Hall–Kier alpha value is -3.80. The van der Waals surface area contributed by atoms with E-state index < -0.39 is 23.9 Å². The monoisotopic (exact) mass is 528 g/mol. The fraction of sp³-hybridized carbons (Fsp3) is 0.273. The van der Waals surface area contributed by atoms with Crippen LogP contribution in [0.4, 0.5) is 5.69 Å². The van der Waals surface area contributed by atoms with Crippen LogP contribution in [0.15, 0.2) is 53.3 Å². The number of nitrogens with one attached hydrogen (secondary N) is 3. The Labute approximate surface area is 204 Å². The molecule has 178 valence electrons. The van der Waals surface area contributed by atoms with Crippen LogP contribution < -0.4 is 21.7 Å². The average molecular weight is 529 g/mol. The van der Waals surface area contributed by atoms with Gasteiger partial charge in [0.05, 0.1) is 17.3 Å². The second kappa shape index (κ2) is 11.4. The lowest BCUT2D eigenvalue weighted by atomic mass is 10.0. The Morgan fingerprint density at radius 2 is 1.85 bits per heavy atom. The number of para-hydroxylation sites is 1. The number of halogens is 1. The molecule has 0 aliphatic rings. The molecule has 1 unspecified atom stereocenters. The molecule has 1 aromatic heterocycles. The summed E-state index contributed by atoms with van der Waals surface area (Å²) in [6.45, 7) is 3.52. The molecule has 1 heterocycles. The van der Waals surface area contributed by atoms with Crippen molar-refractivity contribution < 1.29 is 14.4 Å². The highest BCUT2D eigenvalue weighted by Gasteiger charge is 2.21. The molecule has 2 aromatic carbocycles. The number of nitrogens with two attached hydrogens (primary N) is 1. The van der Waals surface area contributed by atoms with E-state index in [2.05, 4.69) is 47.4 Å². The Morgan fingerprint density at radius 1 is 1.12 bits per heavy atom. The molecule has 0 spiro atoms. The molecular weight excluding hydrogens is 504 g/mol. The Bertz CT molecular complexity index is 1150. The molecule has 0 radical (unpaired) electrons. The van der Waals surface area contributed by atoms with Gasteiger partial charge in [0.25, 0.3) is 5.91 Å². The lowest BCUT2D eigenvalue weighted by molar-refractivity contribution is -0.129. The van der Waals surface area contributed by atoms with E-state index in [1.165, 1.54) is 11.0 Å². The highest BCUT2D eigenvalue weighted by atomic mass is 79.9. The van der Waals surface area contributed by atoms with Gasteiger partial charge >= 0.3 is 0 Å². The molecule has 0 fully saturated rings. The van der Waals surface area contributed by atoms with E-state index in [9.17, 15) is 14.4 Å². The number of carbonyl (C=O) groups is 3. The number of aryl methyl sites for hydroxylation is 1. The summed E-state index contributed by atoms with van der Waals surface area (Å²) in [4.78, 5) is 37.7. The topological polar surface area (TPSA) is 157 Å². The summed E-state index contributed by atoms with van der Waals surface area (Å²) in [5.41, 5.74) is 8.56. The van der Waals surface area contributed by atoms with Crippen LogP contribution in [0.5, 0.6) is 0 Å². The van der Waals surface area contributed by atoms with Crippen molar-refractivity contribution in [2.24, 2.45) is 0 Å². The molecule has 0 saturated heterocycles. The molecule has 0 saturated carbocycles. The summed E-state index contributed by atoms with van der Waals surface area (Å²) in [7, 11) is 0. The van der Waals surface area contributed by atoms with Crippen molar-refractivity contribution in [2.75, 3.05) is 12.3 Å². The van der Waals surface area contributed by atoms with Crippen molar-refractivity contribution in [3.63, 3.8) is 0 Å². The summed E-state index contributed by atoms with van der Waals surface area (Å²) < 4.78 is 1.86. The molecule has 34 heavy (non-hydrogen) atoms. The van der Waals surface area contributed by atoms with E-state index in [0.29, 0.717) is 15.7 Å². The van der Waals surface area contributed by atoms with Crippen LogP contribution in [-0.4, -0.2) is 50.5 Å². The number of hydrogen-bond donors (Lipinski definition) is 4. The first-order chi connectivity index (χ1) is 16.2. The Balaban J connectivity index is 1.66. The van der Waals surface area contributed by atoms with E-state index in [4.69, 9.17) is 5.73 Å². The molecule has 3 rings (SSSR count). The minimum atomic E-state index is -0.806. The lowest BCUT2D eigenvalue weighted by Gasteiger charge is -2.22. The van der Waals surface area contributed by atoms with Gasteiger partial charge in [-0.1, -0.05) is 35.9 Å². The largest absolute Gasteiger partial charge is 0.397 e. The zero-order valence-electron chi connectivity index (χ0n) is 18.7. The average Bonchev–Trinajstić information content (AvgIpc) is 3.31. The Kier molecular flexibility index (Phi) is 8.30. The van der Waals surface area contributed by atoms with Crippen LogP contribution in [0.25, 0.3) is 0 Å². The smallest absolute Gasteiger partial charge is 0.253 e. The molecule has 3 aromatic rings. The summed E-state index contributed by atoms with van der Waals surface area (Å²) in [6.07, 6.45) is 1.30. The third-order valence-electron chi connectivity index (χ3n) is 5.03. The van der Waals surface area contributed by atoms with Crippen molar-refractivity contribution in [1.82, 2.24) is 36.2 Å². The highest BCUT2D eigenvalue weighted by Crippen LogP contribution is 2.24. The maximum Gasteiger partial charge on any atom is 0.253 e. The van der Waals surface area contributed by atoms with Crippen molar-refractivity contribution in [2.45, 2.75) is 32.5 Å². The van der Waals surface area contributed by atoms with Crippen LogP contribution in [0, 0.1) is 6.92 Å². The quantitative estimate of drug-likeness (QED) is 0.303. The maximum absolute atomic E-state index is 12.9. The third-order valence-corrected chi connectivity index (χ3v) is 5.72. The number of carbonyl (C=O) groups excluding carboxylic acids is 3. The molecule has 2 atom stereocenters. The summed E-state index contributed by atoms with van der Waals surface area (Å²) in [5.74, 6) is -1.19.